The highest BCUT2D eigenvalue weighted by Crippen LogP contribution is 2.42. The predicted octanol–water partition coefficient (Wildman–Crippen LogP) is 4.22. The summed E-state index contributed by atoms with van der Waals surface area (Å²) in [5.74, 6) is -0.879. The smallest absolute Gasteiger partial charge is 0.410 e. The molecule has 0 saturated carbocycles. The van der Waals surface area contributed by atoms with Crippen molar-refractivity contribution in [2.45, 2.75) is 32.2 Å². The largest absolute Gasteiger partial charge is 0.447 e. The van der Waals surface area contributed by atoms with Gasteiger partial charge in [0.05, 0.1) is 5.54 Å². The molecule has 6 nitrogen and oxygen atoms in total. The monoisotopic (exact) mass is 415 g/mol. The Hall–Kier alpha value is -3.03. The van der Waals surface area contributed by atoms with E-state index in [2.05, 4.69) is 17.2 Å². The zero-order valence-electron chi connectivity index (χ0n) is 16.8. The molecule has 2 aliphatic heterocycles. The highest BCUT2D eigenvalue weighted by Gasteiger charge is 2.52. The number of nitrogens with zero attached hydrogens (tertiary/aromatic N) is 2. The van der Waals surface area contributed by atoms with Crippen LogP contribution in [0.5, 0.6) is 0 Å². The summed E-state index contributed by atoms with van der Waals surface area (Å²) in [5.41, 5.74) is 0.534. The number of halogens is 2. The maximum absolute atomic E-state index is 13.4. The molecule has 2 saturated heterocycles. The number of cyclic esters (lactones) is 1. The van der Waals surface area contributed by atoms with Crippen molar-refractivity contribution in [2.75, 3.05) is 18.5 Å². The molecule has 2 aromatic rings. The van der Waals surface area contributed by atoms with Gasteiger partial charge in [0.2, 0.25) is 5.91 Å². The van der Waals surface area contributed by atoms with E-state index in [9.17, 15) is 18.4 Å². The van der Waals surface area contributed by atoms with Gasteiger partial charge in [-0.2, -0.15) is 0 Å². The molecule has 0 spiro atoms. The molecule has 3 heterocycles. The van der Waals surface area contributed by atoms with Gasteiger partial charge in [0.25, 0.3) is 0 Å². The molecule has 4 rings (SSSR count). The number of hydrogen-bond acceptors (Lipinski definition) is 4. The van der Waals surface area contributed by atoms with Crippen molar-refractivity contribution in [3.05, 3.63) is 48.2 Å². The minimum absolute atomic E-state index is 0.113. The Labute approximate surface area is 173 Å². The summed E-state index contributed by atoms with van der Waals surface area (Å²) in [6.45, 7) is 4.98. The van der Waals surface area contributed by atoms with Crippen LogP contribution >= 0.6 is 0 Å². The molecule has 3 atom stereocenters. The van der Waals surface area contributed by atoms with Crippen LogP contribution in [0.3, 0.4) is 0 Å². The quantitative estimate of drug-likeness (QED) is 0.812. The Balaban J connectivity index is 1.39. The zero-order valence-corrected chi connectivity index (χ0v) is 16.8. The van der Waals surface area contributed by atoms with Crippen LogP contribution in [0.15, 0.2) is 36.5 Å². The van der Waals surface area contributed by atoms with Gasteiger partial charge < -0.3 is 10.1 Å². The standard InChI is InChI=1S/C22H23F2N3O3/c1-13-14(5-6-27-21(29)30-12-22(13,27)2)9-20(28)26-19-4-3-15(11-25-19)16-7-17(23)10-18(24)8-16/h3-4,7-8,10-11,13-14H,5-6,9,12H2,1-2H3,(H,25,26,28)/t13?,14-,22-/m1/s1. The highest BCUT2D eigenvalue weighted by molar-refractivity contribution is 5.90. The lowest BCUT2D eigenvalue weighted by Gasteiger charge is -2.46. The second kappa shape index (κ2) is 7.66. The number of rotatable bonds is 4. The van der Waals surface area contributed by atoms with Crippen LogP contribution in [-0.4, -0.2) is 40.6 Å². The summed E-state index contributed by atoms with van der Waals surface area (Å²) >= 11 is 0. The van der Waals surface area contributed by atoms with Gasteiger partial charge in [-0.05, 0) is 55.0 Å². The maximum atomic E-state index is 13.4. The Morgan fingerprint density at radius 3 is 2.67 bits per heavy atom. The second-order valence-corrected chi connectivity index (χ2v) is 8.24. The summed E-state index contributed by atoms with van der Waals surface area (Å²) in [6, 6.07) is 6.52. The number of aromatic nitrogens is 1. The highest BCUT2D eigenvalue weighted by atomic mass is 19.1. The normalized spacial score (nSPS) is 25.6. The van der Waals surface area contributed by atoms with E-state index < -0.39 is 11.6 Å². The zero-order chi connectivity index (χ0) is 21.5. The van der Waals surface area contributed by atoms with Crippen LogP contribution in [0, 0.1) is 23.5 Å². The third kappa shape index (κ3) is 3.74. The van der Waals surface area contributed by atoms with Gasteiger partial charge in [0.1, 0.15) is 24.1 Å². The van der Waals surface area contributed by atoms with E-state index in [1.807, 2.05) is 6.92 Å². The predicted molar refractivity (Wildman–Crippen MR) is 107 cm³/mol. The van der Waals surface area contributed by atoms with E-state index in [0.29, 0.717) is 36.5 Å². The van der Waals surface area contributed by atoms with Crippen molar-refractivity contribution in [2.24, 2.45) is 11.8 Å². The number of anilines is 1. The van der Waals surface area contributed by atoms with Crippen LogP contribution in [0.4, 0.5) is 19.4 Å². The lowest BCUT2D eigenvalue weighted by molar-refractivity contribution is -0.118. The molecule has 2 aliphatic rings. The molecule has 1 aromatic carbocycles. The summed E-state index contributed by atoms with van der Waals surface area (Å²) in [6.07, 6.45) is 2.23. The van der Waals surface area contributed by atoms with E-state index in [4.69, 9.17) is 4.74 Å². The number of amides is 2. The Morgan fingerprint density at radius 1 is 1.27 bits per heavy atom. The number of hydrogen-bond donors (Lipinski definition) is 1. The van der Waals surface area contributed by atoms with E-state index in [-0.39, 0.29) is 29.4 Å². The van der Waals surface area contributed by atoms with Gasteiger partial charge in [0, 0.05) is 30.8 Å². The molecule has 1 aromatic heterocycles. The fourth-order valence-electron chi connectivity index (χ4n) is 4.42. The SMILES string of the molecule is CC1[C@@H](CC(=O)Nc2ccc(-c3cc(F)cc(F)c3)cn2)CCN2C(=O)OC[C@]12C. The Bertz CT molecular complexity index is 962. The van der Waals surface area contributed by atoms with E-state index in [1.54, 1.807) is 17.0 Å². The van der Waals surface area contributed by atoms with E-state index in [0.717, 1.165) is 12.5 Å². The number of fused-ring (bicyclic) bond motifs is 1. The molecule has 8 heteroatoms. The molecule has 1 unspecified atom stereocenters. The first kappa shape index (κ1) is 20.3. The van der Waals surface area contributed by atoms with Crippen molar-refractivity contribution in [1.82, 2.24) is 9.88 Å². The molecule has 0 aliphatic carbocycles. The van der Waals surface area contributed by atoms with Crippen molar-refractivity contribution in [1.29, 1.82) is 0 Å². The summed E-state index contributed by atoms with van der Waals surface area (Å²) in [7, 11) is 0. The topological polar surface area (TPSA) is 71.5 Å². The van der Waals surface area contributed by atoms with Gasteiger partial charge in [-0.25, -0.2) is 18.6 Å². The minimum atomic E-state index is -0.661. The number of carbonyl (C=O) groups is 2. The summed E-state index contributed by atoms with van der Waals surface area (Å²) in [5, 5.41) is 2.78. The van der Waals surface area contributed by atoms with Crippen molar-refractivity contribution < 1.29 is 23.1 Å². The molecular formula is C22H23F2N3O3. The molecule has 2 amide bonds. The molecule has 0 bridgehead atoms. The van der Waals surface area contributed by atoms with Crippen molar-refractivity contribution in [3.63, 3.8) is 0 Å². The van der Waals surface area contributed by atoms with Crippen LogP contribution in [0.1, 0.15) is 26.7 Å². The molecule has 30 heavy (non-hydrogen) atoms. The first-order valence-corrected chi connectivity index (χ1v) is 9.93. The lowest BCUT2D eigenvalue weighted by Crippen LogP contribution is -2.56. The summed E-state index contributed by atoms with van der Waals surface area (Å²) in [4.78, 5) is 30.4. The van der Waals surface area contributed by atoms with Crippen molar-refractivity contribution in [3.8, 4) is 11.1 Å². The number of nitrogens with one attached hydrogen (secondary N) is 1. The first-order valence-electron chi connectivity index (χ1n) is 9.93. The minimum Gasteiger partial charge on any atom is -0.447 e. The number of piperidine rings is 1. The number of benzene rings is 1. The Kier molecular flexibility index (Phi) is 5.17. The van der Waals surface area contributed by atoms with Gasteiger partial charge in [-0.3, -0.25) is 9.69 Å². The summed E-state index contributed by atoms with van der Waals surface area (Å²) < 4.78 is 32.0. The van der Waals surface area contributed by atoms with E-state index >= 15 is 0 Å². The molecule has 0 radical (unpaired) electrons. The Morgan fingerprint density at radius 2 is 2.00 bits per heavy atom. The first-order chi connectivity index (χ1) is 14.3. The third-order valence-corrected chi connectivity index (χ3v) is 6.41. The van der Waals surface area contributed by atoms with Gasteiger partial charge in [0.15, 0.2) is 0 Å². The van der Waals surface area contributed by atoms with Crippen molar-refractivity contribution >= 4 is 17.8 Å². The average molecular weight is 415 g/mol. The van der Waals surface area contributed by atoms with Crippen LogP contribution in [0.25, 0.3) is 11.1 Å². The maximum Gasteiger partial charge on any atom is 0.410 e. The lowest BCUT2D eigenvalue weighted by atomic mass is 9.72. The fourth-order valence-corrected chi connectivity index (χ4v) is 4.42. The van der Waals surface area contributed by atoms with Crippen LogP contribution < -0.4 is 5.32 Å². The van der Waals surface area contributed by atoms with Gasteiger partial charge >= 0.3 is 6.09 Å². The molecule has 1 N–H and O–H groups in total. The second-order valence-electron chi connectivity index (χ2n) is 8.24. The van der Waals surface area contributed by atoms with Gasteiger partial charge in [-0.15, -0.1) is 0 Å². The fraction of sp³-hybridized carbons (Fsp3) is 0.409. The molecule has 158 valence electrons. The van der Waals surface area contributed by atoms with Crippen LogP contribution in [-0.2, 0) is 9.53 Å². The average Bonchev–Trinajstić information content (AvgIpc) is 3.00. The van der Waals surface area contributed by atoms with Crippen LogP contribution in [0.2, 0.25) is 0 Å². The van der Waals surface area contributed by atoms with Gasteiger partial charge in [-0.1, -0.05) is 6.92 Å². The van der Waals surface area contributed by atoms with E-state index in [1.165, 1.54) is 18.3 Å². The molecular weight excluding hydrogens is 392 g/mol. The number of pyridine rings is 1. The number of ether oxygens (including phenoxy) is 1. The number of carbonyl (C=O) groups excluding carboxylic acids is 2. The molecule has 2 fully saturated rings. The third-order valence-electron chi connectivity index (χ3n) is 6.41.